The van der Waals surface area contributed by atoms with Gasteiger partial charge < -0.3 is 15.2 Å². The van der Waals surface area contributed by atoms with E-state index < -0.39 is 6.10 Å². The van der Waals surface area contributed by atoms with Crippen LogP contribution in [0.1, 0.15) is 18.5 Å². The summed E-state index contributed by atoms with van der Waals surface area (Å²) >= 11 is 0. The van der Waals surface area contributed by atoms with Crippen molar-refractivity contribution in [2.24, 2.45) is 5.92 Å². The molecule has 17 heavy (non-hydrogen) atoms. The Morgan fingerprint density at radius 3 is 3.06 bits per heavy atom. The summed E-state index contributed by atoms with van der Waals surface area (Å²) < 4.78 is 5.40. The lowest BCUT2D eigenvalue weighted by Gasteiger charge is -2.11. The van der Waals surface area contributed by atoms with Crippen molar-refractivity contribution < 1.29 is 9.84 Å². The predicted octanol–water partition coefficient (Wildman–Crippen LogP) is 0.709. The molecule has 1 saturated carbocycles. The van der Waals surface area contributed by atoms with Gasteiger partial charge in [0.2, 0.25) is 0 Å². The number of ether oxygens (including phenoxy) is 1. The smallest absolute Gasteiger partial charge is 0.0897 e. The van der Waals surface area contributed by atoms with Crippen LogP contribution in [-0.2, 0) is 11.3 Å². The van der Waals surface area contributed by atoms with Crippen LogP contribution in [0, 0.1) is 5.92 Å². The van der Waals surface area contributed by atoms with Gasteiger partial charge in [0, 0.05) is 31.6 Å². The van der Waals surface area contributed by atoms with Crippen LogP contribution in [0.5, 0.6) is 0 Å². The fourth-order valence-corrected chi connectivity index (χ4v) is 1.47. The van der Waals surface area contributed by atoms with E-state index in [2.05, 4.69) is 15.5 Å². The maximum atomic E-state index is 9.60. The summed E-state index contributed by atoms with van der Waals surface area (Å²) in [6.07, 6.45) is 3.86. The lowest BCUT2D eigenvalue weighted by Crippen LogP contribution is -2.30. The molecular weight excluding hydrogens is 242 g/mol. The highest BCUT2D eigenvalue weighted by Gasteiger charge is 2.21. The van der Waals surface area contributed by atoms with Gasteiger partial charge in [-0.25, -0.2) is 0 Å². The highest BCUT2D eigenvalue weighted by atomic mass is 35.5. The molecule has 1 heterocycles. The van der Waals surface area contributed by atoms with E-state index in [1.807, 2.05) is 6.07 Å². The van der Waals surface area contributed by atoms with Crippen molar-refractivity contribution in [3.05, 3.63) is 18.0 Å². The molecule has 5 nitrogen and oxygen atoms in total. The van der Waals surface area contributed by atoms with Gasteiger partial charge >= 0.3 is 0 Å². The summed E-state index contributed by atoms with van der Waals surface area (Å²) in [5, 5.41) is 19.4. The zero-order valence-corrected chi connectivity index (χ0v) is 10.6. The van der Waals surface area contributed by atoms with E-state index in [0.29, 0.717) is 19.7 Å². The molecule has 0 amide bonds. The number of aromatic nitrogens is 2. The molecule has 0 bridgehead atoms. The van der Waals surface area contributed by atoms with Gasteiger partial charge in [-0.2, -0.15) is 5.10 Å². The van der Waals surface area contributed by atoms with Crippen LogP contribution in [0.25, 0.3) is 0 Å². The Labute approximate surface area is 107 Å². The maximum absolute atomic E-state index is 9.60. The highest BCUT2D eigenvalue weighted by molar-refractivity contribution is 5.85. The van der Waals surface area contributed by atoms with E-state index in [1.54, 1.807) is 6.20 Å². The molecule has 6 heteroatoms. The van der Waals surface area contributed by atoms with E-state index >= 15 is 0 Å². The van der Waals surface area contributed by atoms with Crippen LogP contribution >= 0.6 is 12.4 Å². The summed E-state index contributed by atoms with van der Waals surface area (Å²) in [6, 6.07) is 1.91. The lowest BCUT2D eigenvalue weighted by molar-refractivity contribution is 0.0324. The van der Waals surface area contributed by atoms with Crippen molar-refractivity contribution in [2.45, 2.75) is 25.5 Å². The molecule has 1 aliphatic rings. The fraction of sp³-hybridized carbons (Fsp3) is 0.727. The molecule has 1 aliphatic carbocycles. The van der Waals surface area contributed by atoms with Crippen molar-refractivity contribution in [1.29, 1.82) is 0 Å². The Morgan fingerprint density at radius 1 is 1.59 bits per heavy atom. The van der Waals surface area contributed by atoms with Crippen LogP contribution < -0.4 is 5.32 Å². The molecule has 0 radical (unpaired) electrons. The predicted molar refractivity (Wildman–Crippen MR) is 67.1 cm³/mol. The molecule has 1 unspecified atom stereocenters. The van der Waals surface area contributed by atoms with Gasteiger partial charge in [0.1, 0.15) is 0 Å². The first-order valence-corrected chi connectivity index (χ1v) is 5.79. The summed E-state index contributed by atoms with van der Waals surface area (Å²) in [4.78, 5) is 0. The second-order valence-electron chi connectivity index (χ2n) is 4.35. The average molecular weight is 262 g/mol. The first-order chi connectivity index (χ1) is 7.84. The number of halogens is 1. The zero-order chi connectivity index (χ0) is 11.2. The number of aromatic amines is 1. The topological polar surface area (TPSA) is 70.2 Å². The van der Waals surface area contributed by atoms with E-state index in [4.69, 9.17) is 4.74 Å². The number of nitrogens with zero attached hydrogens (tertiary/aromatic N) is 1. The molecule has 1 aromatic heterocycles. The summed E-state index contributed by atoms with van der Waals surface area (Å²) in [6.45, 7) is 2.47. The highest BCUT2D eigenvalue weighted by Crippen LogP contribution is 2.28. The average Bonchev–Trinajstić information content (AvgIpc) is 2.94. The number of nitrogens with one attached hydrogen (secondary N) is 2. The van der Waals surface area contributed by atoms with Crippen molar-refractivity contribution in [3.63, 3.8) is 0 Å². The molecule has 1 fully saturated rings. The van der Waals surface area contributed by atoms with Crippen LogP contribution in [-0.4, -0.2) is 41.2 Å². The zero-order valence-electron chi connectivity index (χ0n) is 9.76. The molecule has 98 valence electrons. The second-order valence-corrected chi connectivity index (χ2v) is 4.35. The first-order valence-electron chi connectivity index (χ1n) is 5.79. The number of hydrogen-bond donors (Lipinski definition) is 3. The fourth-order valence-electron chi connectivity index (χ4n) is 1.47. The Kier molecular flexibility index (Phi) is 6.50. The minimum Gasteiger partial charge on any atom is -0.389 e. The molecule has 2 rings (SSSR count). The monoisotopic (exact) mass is 261 g/mol. The molecular formula is C11H20ClN3O2. The van der Waals surface area contributed by atoms with Gasteiger partial charge in [-0.15, -0.1) is 12.4 Å². The normalized spacial score (nSPS) is 16.5. The number of aliphatic hydroxyl groups excluding tert-OH is 1. The lowest BCUT2D eigenvalue weighted by atomic mass is 10.3. The van der Waals surface area contributed by atoms with Gasteiger partial charge in [0.15, 0.2) is 0 Å². The number of aliphatic hydroxyl groups is 1. The summed E-state index contributed by atoms with van der Waals surface area (Å²) in [5.74, 6) is 0.755. The van der Waals surface area contributed by atoms with Gasteiger partial charge in [-0.1, -0.05) is 0 Å². The van der Waals surface area contributed by atoms with Crippen molar-refractivity contribution in [2.75, 3.05) is 19.8 Å². The van der Waals surface area contributed by atoms with Gasteiger partial charge in [0.25, 0.3) is 0 Å². The standard InChI is InChI=1S/C11H19N3O2.ClH/c15-11(8-16-7-9-1-2-9)6-12-5-10-3-4-13-14-10;/h3-4,9,11-12,15H,1-2,5-8H2,(H,13,14);1H. The minimum absolute atomic E-state index is 0. The molecule has 0 aliphatic heterocycles. The molecule has 0 aromatic carbocycles. The Hall–Kier alpha value is -0.620. The number of H-pyrrole nitrogens is 1. The Morgan fingerprint density at radius 2 is 2.41 bits per heavy atom. The molecule has 1 aromatic rings. The summed E-state index contributed by atoms with van der Waals surface area (Å²) in [7, 11) is 0. The molecule has 0 saturated heterocycles. The van der Waals surface area contributed by atoms with Gasteiger partial charge in [0.05, 0.1) is 12.7 Å². The SMILES string of the molecule is Cl.OC(CNCc1ccn[nH]1)COCC1CC1. The number of rotatable bonds is 8. The number of hydrogen-bond acceptors (Lipinski definition) is 4. The second kappa shape index (κ2) is 7.66. The Bertz CT molecular complexity index is 291. The quantitative estimate of drug-likeness (QED) is 0.645. The largest absolute Gasteiger partial charge is 0.389 e. The molecule has 3 N–H and O–H groups in total. The van der Waals surface area contributed by atoms with Crippen molar-refractivity contribution in [1.82, 2.24) is 15.5 Å². The van der Waals surface area contributed by atoms with Crippen LogP contribution in [0.2, 0.25) is 0 Å². The third kappa shape index (κ3) is 6.02. The Balaban J connectivity index is 0.00000144. The van der Waals surface area contributed by atoms with Crippen LogP contribution in [0.3, 0.4) is 0 Å². The third-order valence-electron chi connectivity index (χ3n) is 2.61. The summed E-state index contributed by atoms with van der Waals surface area (Å²) in [5.41, 5.74) is 1.02. The van der Waals surface area contributed by atoms with E-state index in [9.17, 15) is 5.11 Å². The van der Waals surface area contributed by atoms with Crippen molar-refractivity contribution >= 4 is 12.4 Å². The van der Waals surface area contributed by atoms with E-state index in [0.717, 1.165) is 18.2 Å². The minimum atomic E-state index is -0.429. The van der Waals surface area contributed by atoms with Gasteiger partial charge in [-0.3, -0.25) is 5.10 Å². The van der Waals surface area contributed by atoms with Crippen LogP contribution in [0.15, 0.2) is 12.3 Å². The van der Waals surface area contributed by atoms with E-state index in [-0.39, 0.29) is 12.4 Å². The van der Waals surface area contributed by atoms with Crippen molar-refractivity contribution in [3.8, 4) is 0 Å². The molecule has 0 spiro atoms. The van der Waals surface area contributed by atoms with Gasteiger partial charge in [-0.05, 0) is 24.8 Å². The molecule has 1 atom stereocenters. The van der Waals surface area contributed by atoms with E-state index in [1.165, 1.54) is 12.8 Å². The maximum Gasteiger partial charge on any atom is 0.0897 e. The first kappa shape index (κ1) is 14.4. The third-order valence-corrected chi connectivity index (χ3v) is 2.61. The van der Waals surface area contributed by atoms with Crippen LogP contribution in [0.4, 0.5) is 0 Å².